The Hall–Kier alpha value is -4.29. The molecule has 0 saturated carbocycles. The van der Waals surface area contributed by atoms with Crippen molar-refractivity contribution in [1.82, 2.24) is 15.3 Å². The maximum atomic E-state index is 14.7. The molecular weight excluding hydrogens is 694 g/mol. The van der Waals surface area contributed by atoms with Gasteiger partial charge in [0.25, 0.3) is 0 Å². The second kappa shape index (κ2) is 16.4. The third-order valence-electron chi connectivity index (χ3n) is 9.76. The van der Waals surface area contributed by atoms with Crippen LogP contribution in [0.15, 0.2) is 72.8 Å². The Morgan fingerprint density at radius 3 is 2.65 bits per heavy atom. The number of ether oxygens (including phenoxy) is 2. The number of aliphatic hydroxyl groups is 1. The molecule has 51 heavy (non-hydrogen) atoms. The summed E-state index contributed by atoms with van der Waals surface area (Å²) >= 11 is 12.8. The zero-order valence-corrected chi connectivity index (χ0v) is 29.8. The number of halogens is 3. The molecule has 0 radical (unpaired) electrons. The number of carbonyl (C=O) groups is 1. The maximum absolute atomic E-state index is 14.7. The Kier molecular flexibility index (Phi) is 11.7. The first-order chi connectivity index (χ1) is 24.7. The number of hydrogen-bond donors (Lipinski definition) is 4. The number of nitrogens with zero attached hydrogens (tertiary/aromatic N) is 3. The lowest BCUT2D eigenvalue weighted by atomic mass is 9.66. The highest BCUT2D eigenvalue weighted by atomic mass is 35.5. The van der Waals surface area contributed by atoms with Gasteiger partial charge in [0.1, 0.15) is 30.0 Å². The van der Waals surface area contributed by atoms with Gasteiger partial charge in [-0.15, -0.1) is 0 Å². The fraction of sp³-hybridized carbons (Fsp3) is 0.368. The predicted octanol–water partition coefficient (Wildman–Crippen LogP) is 7.48. The summed E-state index contributed by atoms with van der Waals surface area (Å²) < 4.78 is 26.1. The molecule has 2 fully saturated rings. The van der Waals surface area contributed by atoms with E-state index in [9.17, 15) is 14.3 Å². The fourth-order valence-corrected chi connectivity index (χ4v) is 7.29. The number of rotatable bonds is 11. The zero-order chi connectivity index (χ0) is 36.0. The van der Waals surface area contributed by atoms with Gasteiger partial charge >= 0.3 is 6.09 Å². The molecule has 13 heteroatoms. The quantitative estimate of drug-likeness (QED) is 0.117. The summed E-state index contributed by atoms with van der Waals surface area (Å²) in [6.07, 6.45) is 2.30. The molecule has 2 aliphatic rings. The molecule has 2 aliphatic heterocycles. The summed E-state index contributed by atoms with van der Waals surface area (Å²) in [7, 11) is 0. The normalized spacial score (nSPS) is 20.5. The number of piperidine rings is 1. The van der Waals surface area contributed by atoms with Crippen LogP contribution in [0.1, 0.15) is 60.7 Å². The lowest BCUT2D eigenvalue weighted by Crippen LogP contribution is -2.54. The monoisotopic (exact) mass is 734 g/mol. The Morgan fingerprint density at radius 1 is 1.12 bits per heavy atom. The van der Waals surface area contributed by atoms with Gasteiger partial charge in [-0.1, -0.05) is 84.7 Å². The first-order valence-electron chi connectivity index (χ1n) is 17.1. The molecule has 2 saturated heterocycles. The number of benzene rings is 3. The number of amides is 1. The van der Waals surface area contributed by atoms with E-state index < -0.39 is 18.1 Å². The second-order valence-corrected chi connectivity index (χ2v) is 13.8. The van der Waals surface area contributed by atoms with Gasteiger partial charge in [-0.25, -0.2) is 19.2 Å². The van der Waals surface area contributed by atoms with Crippen molar-refractivity contribution in [3.05, 3.63) is 117 Å². The van der Waals surface area contributed by atoms with Crippen LogP contribution in [0.2, 0.25) is 10.0 Å². The minimum Gasteiger partial charge on any atom is -0.445 e. The van der Waals surface area contributed by atoms with Crippen molar-refractivity contribution in [1.29, 1.82) is 5.41 Å². The van der Waals surface area contributed by atoms with E-state index in [4.69, 9.17) is 48.1 Å². The lowest BCUT2D eigenvalue weighted by molar-refractivity contribution is 0.0340. The van der Waals surface area contributed by atoms with Crippen LogP contribution in [0.5, 0.6) is 0 Å². The average Bonchev–Trinajstić information content (AvgIpc) is 3.15. The Morgan fingerprint density at radius 2 is 1.92 bits per heavy atom. The van der Waals surface area contributed by atoms with Crippen molar-refractivity contribution in [2.45, 2.75) is 57.5 Å². The van der Waals surface area contributed by atoms with Crippen molar-refractivity contribution in [2.75, 3.05) is 36.5 Å². The lowest BCUT2D eigenvalue weighted by Gasteiger charge is -2.47. The van der Waals surface area contributed by atoms with Gasteiger partial charge in [0.05, 0.1) is 22.4 Å². The van der Waals surface area contributed by atoms with Crippen molar-refractivity contribution in [3.63, 3.8) is 0 Å². The SMILES string of the molecule is CC1CN(c2nc(NC3CCCCO3)c(C(=N)c3cccc(Cl)c3Cl)nc2CO)CCC1(CNC(=O)OCc1ccccc1)c1cccc(F)c1. The number of alkyl carbamates (subject to hydrolysis) is 1. The van der Waals surface area contributed by atoms with Gasteiger partial charge in [0.15, 0.2) is 11.6 Å². The van der Waals surface area contributed by atoms with E-state index in [-0.39, 0.29) is 53.2 Å². The molecule has 1 amide bonds. The van der Waals surface area contributed by atoms with Gasteiger partial charge in [-0.2, -0.15) is 0 Å². The molecule has 268 valence electrons. The van der Waals surface area contributed by atoms with Gasteiger partial charge in [0.2, 0.25) is 0 Å². The Balaban J connectivity index is 1.29. The molecule has 3 aromatic carbocycles. The van der Waals surface area contributed by atoms with Gasteiger partial charge in [0, 0.05) is 37.2 Å². The molecule has 4 aromatic rings. The standard InChI is InChI=1S/C38H41Cl2FN6O4/c1-24-20-47(17-16-38(24,26-11-7-12-27(41)19-26)23-43-37(49)51-22-25-9-3-2-4-10-25)36-30(21-48)44-34(33(42)28-13-8-14-29(39)32(28)40)35(46-36)45-31-15-5-6-18-50-31/h2-4,7-14,19,24,31,42,48H,5-6,15-18,20-23H2,1H3,(H,43,49)(H,45,46). The molecule has 6 rings (SSSR count). The molecule has 0 bridgehead atoms. The van der Waals surface area contributed by atoms with Crippen LogP contribution in [0.4, 0.5) is 20.8 Å². The smallest absolute Gasteiger partial charge is 0.407 e. The summed E-state index contributed by atoms with van der Waals surface area (Å²) in [6, 6.07) is 21.0. The van der Waals surface area contributed by atoms with E-state index in [0.29, 0.717) is 48.3 Å². The maximum Gasteiger partial charge on any atom is 0.407 e. The number of aromatic nitrogens is 2. The van der Waals surface area contributed by atoms with Crippen LogP contribution >= 0.6 is 23.2 Å². The molecular formula is C38H41Cl2FN6O4. The Labute approximate surface area is 306 Å². The zero-order valence-electron chi connectivity index (χ0n) is 28.3. The number of nitrogens with one attached hydrogen (secondary N) is 3. The summed E-state index contributed by atoms with van der Waals surface area (Å²) in [6.45, 7) is 3.49. The largest absolute Gasteiger partial charge is 0.445 e. The molecule has 3 atom stereocenters. The Bertz CT molecular complexity index is 1860. The molecule has 0 aliphatic carbocycles. The third kappa shape index (κ3) is 8.28. The highest BCUT2D eigenvalue weighted by Crippen LogP contribution is 2.42. The van der Waals surface area contributed by atoms with Gasteiger partial charge < -0.3 is 30.1 Å². The number of carbonyl (C=O) groups excluding carboxylic acids is 1. The first-order valence-corrected chi connectivity index (χ1v) is 17.8. The van der Waals surface area contributed by atoms with Crippen LogP contribution in [0.3, 0.4) is 0 Å². The molecule has 0 spiro atoms. The topological polar surface area (TPSA) is 133 Å². The minimum atomic E-state index is -0.639. The van der Waals surface area contributed by atoms with E-state index in [2.05, 4.69) is 17.6 Å². The van der Waals surface area contributed by atoms with E-state index in [1.165, 1.54) is 12.1 Å². The highest BCUT2D eigenvalue weighted by molar-refractivity contribution is 6.44. The van der Waals surface area contributed by atoms with Crippen LogP contribution in [-0.2, 0) is 28.1 Å². The average molecular weight is 736 g/mol. The van der Waals surface area contributed by atoms with Crippen molar-refractivity contribution in [3.8, 4) is 0 Å². The first kappa shape index (κ1) is 36.5. The molecule has 1 aromatic heterocycles. The van der Waals surface area contributed by atoms with Crippen LogP contribution < -0.4 is 15.5 Å². The summed E-state index contributed by atoms with van der Waals surface area (Å²) in [4.78, 5) is 24.7. The van der Waals surface area contributed by atoms with Crippen molar-refractivity contribution >= 4 is 46.6 Å². The molecule has 10 nitrogen and oxygen atoms in total. The van der Waals surface area contributed by atoms with E-state index >= 15 is 0 Å². The number of anilines is 2. The van der Waals surface area contributed by atoms with Gasteiger partial charge in [-0.05, 0) is 60.9 Å². The fourth-order valence-electron chi connectivity index (χ4n) is 6.89. The summed E-state index contributed by atoms with van der Waals surface area (Å²) in [5.74, 6) is 0.296. The van der Waals surface area contributed by atoms with E-state index in [0.717, 1.165) is 30.4 Å². The number of hydrogen-bond acceptors (Lipinski definition) is 9. The second-order valence-electron chi connectivity index (χ2n) is 13.0. The van der Waals surface area contributed by atoms with E-state index in [1.807, 2.05) is 41.3 Å². The minimum absolute atomic E-state index is 0.00285. The highest BCUT2D eigenvalue weighted by Gasteiger charge is 2.43. The predicted molar refractivity (Wildman–Crippen MR) is 196 cm³/mol. The molecule has 3 unspecified atom stereocenters. The van der Waals surface area contributed by atoms with Crippen LogP contribution in [0, 0.1) is 17.1 Å². The number of aliphatic hydroxyl groups excluding tert-OH is 1. The summed E-state index contributed by atoms with van der Waals surface area (Å²) in [5, 5.41) is 26.5. The van der Waals surface area contributed by atoms with E-state index in [1.54, 1.807) is 24.3 Å². The third-order valence-corrected chi connectivity index (χ3v) is 10.6. The summed E-state index contributed by atoms with van der Waals surface area (Å²) in [5.41, 5.74) is 1.87. The van der Waals surface area contributed by atoms with Gasteiger partial charge in [-0.3, -0.25) is 5.41 Å². The molecule has 4 N–H and O–H groups in total. The van der Waals surface area contributed by atoms with Crippen LogP contribution in [0.25, 0.3) is 0 Å². The van der Waals surface area contributed by atoms with Crippen LogP contribution in [-0.4, -0.2) is 59.3 Å². The van der Waals surface area contributed by atoms with Crippen molar-refractivity contribution in [2.24, 2.45) is 5.92 Å². The van der Waals surface area contributed by atoms with Crippen molar-refractivity contribution < 1.29 is 23.8 Å². The molecule has 3 heterocycles.